The van der Waals surface area contributed by atoms with Crippen molar-refractivity contribution in [3.63, 3.8) is 0 Å². The second-order valence-corrected chi connectivity index (χ2v) is 8.13. The first-order chi connectivity index (χ1) is 9.04. The number of amides is 1. The van der Waals surface area contributed by atoms with Gasteiger partial charge in [-0.2, -0.15) is 5.10 Å². The van der Waals surface area contributed by atoms with Gasteiger partial charge in [0.15, 0.2) is 8.29 Å². The van der Waals surface area contributed by atoms with Crippen LogP contribution < -0.4 is 0 Å². The zero-order valence-corrected chi connectivity index (χ0v) is 13.7. The molecule has 2 rings (SSSR count). The number of likely N-dealkylation sites (tertiary alicyclic amines) is 1. The molecule has 0 saturated carbocycles. The Kier molecular flexibility index (Phi) is 5.41. The maximum Gasteiger partial charge on any atom is 0.233 e. The lowest BCUT2D eigenvalue weighted by molar-refractivity contribution is -0.128. The van der Waals surface area contributed by atoms with Crippen LogP contribution in [0, 0.1) is 15.8 Å². The molecule has 1 amide bonds. The predicted octanol–water partition coefficient (Wildman–Crippen LogP) is 3.19. The van der Waals surface area contributed by atoms with Crippen LogP contribution in [0.2, 0.25) is 0 Å². The summed E-state index contributed by atoms with van der Waals surface area (Å²) in [6.07, 6.45) is 2.33. The van der Waals surface area contributed by atoms with Gasteiger partial charge in [0.25, 0.3) is 0 Å². The van der Waals surface area contributed by atoms with Crippen molar-refractivity contribution in [2.45, 2.75) is 31.0 Å². The van der Waals surface area contributed by atoms with E-state index in [0.717, 1.165) is 29.8 Å². The van der Waals surface area contributed by atoms with Gasteiger partial charge in [-0.05, 0) is 36.9 Å². The molecular formula is C12H19N3OS3. The first kappa shape index (κ1) is 15.0. The summed E-state index contributed by atoms with van der Waals surface area (Å²) in [6, 6.07) is 0. The van der Waals surface area contributed by atoms with E-state index in [9.17, 15) is 4.79 Å². The highest BCUT2D eigenvalue weighted by Crippen LogP contribution is 2.24. The van der Waals surface area contributed by atoms with Crippen molar-refractivity contribution in [1.29, 1.82) is 0 Å². The number of carbonyl (C=O) groups is 1. The molecule has 0 radical (unpaired) electrons. The van der Waals surface area contributed by atoms with E-state index in [1.807, 2.05) is 4.90 Å². The molecule has 0 bridgehead atoms. The summed E-state index contributed by atoms with van der Waals surface area (Å²) in [5.41, 5.74) is 0. The molecule has 7 heteroatoms. The third kappa shape index (κ3) is 4.57. The minimum Gasteiger partial charge on any atom is -0.342 e. The number of thioether (sulfide) groups is 1. The van der Waals surface area contributed by atoms with E-state index >= 15 is 0 Å². The van der Waals surface area contributed by atoms with Gasteiger partial charge in [-0.3, -0.25) is 9.89 Å². The molecule has 4 nitrogen and oxygen atoms in total. The third-order valence-corrected chi connectivity index (χ3v) is 5.54. The molecule has 106 valence electrons. The molecule has 19 heavy (non-hydrogen) atoms. The monoisotopic (exact) mass is 317 g/mol. The van der Waals surface area contributed by atoms with Crippen LogP contribution in [0.1, 0.15) is 26.7 Å². The highest BCUT2D eigenvalue weighted by atomic mass is 32.2. The van der Waals surface area contributed by atoms with E-state index < -0.39 is 0 Å². The minimum absolute atomic E-state index is 0.215. The van der Waals surface area contributed by atoms with Gasteiger partial charge >= 0.3 is 0 Å². The van der Waals surface area contributed by atoms with Crippen molar-refractivity contribution in [2.24, 2.45) is 11.8 Å². The highest BCUT2D eigenvalue weighted by molar-refractivity contribution is 8.01. The lowest BCUT2D eigenvalue weighted by atomic mass is 9.97. The fourth-order valence-electron chi connectivity index (χ4n) is 2.44. The van der Waals surface area contributed by atoms with E-state index in [-0.39, 0.29) is 5.91 Å². The van der Waals surface area contributed by atoms with Crippen LogP contribution in [0.4, 0.5) is 0 Å². The first-order valence-corrected chi connectivity index (χ1v) is 8.71. The summed E-state index contributed by atoms with van der Waals surface area (Å²) >= 11 is 7.87. The Morgan fingerprint density at radius 3 is 3.05 bits per heavy atom. The fraction of sp³-hybridized carbons (Fsp3) is 0.750. The SMILES string of the molecule is C[C@@H]1CCN(C(=O)CSc2n[nH]c(=S)s2)C[C@H](C)C1. The number of carbonyl (C=O) groups excluding carboxylic acids is 1. The van der Waals surface area contributed by atoms with Crippen LogP contribution in [0.5, 0.6) is 0 Å². The zero-order chi connectivity index (χ0) is 13.8. The van der Waals surface area contributed by atoms with Crippen LogP contribution in [0.3, 0.4) is 0 Å². The quantitative estimate of drug-likeness (QED) is 0.687. The largest absolute Gasteiger partial charge is 0.342 e. The molecule has 1 aliphatic rings. The van der Waals surface area contributed by atoms with E-state index in [1.165, 1.54) is 29.5 Å². The van der Waals surface area contributed by atoms with Gasteiger partial charge in [-0.1, -0.05) is 36.9 Å². The molecule has 1 N–H and O–H groups in total. The van der Waals surface area contributed by atoms with Gasteiger partial charge in [0.1, 0.15) is 0 Å². The van der Waals surface area contributed by atoms with E-state index in [0.29, 0.717) is 15.6 Å². The number of aromatic amines is 1. The van der Waals surface area contributed by atoms with Crippen molar-refractivity contribution in [3.8, 4) is 0 Å². The van der Waals surface area contributed by atoms with Gasteiger partial charge in [0, 0.05) is 13.1 Å². The second kappa shape index (κ2) is 6.85. The van der Waals surface area contributed by atoms with Gasteiger partial charge < -0.3 is 4.90 Å². The van der Waals surface area contributed by atoms with Crippen molar-refractivity contribution < 1.29 is 4.79 Å². The molecule has 0 spiro atoms. The number of rotatable bonds is 3. The number of hydrogen-bond donors (Lipinski definition) is 1. The average molecular weight is 318 g/mol. The topological polar surface area (TPSA) is 49.0 Å². The summed E-state index contributed by atoms with van der Waals surface area (Å²) in [5, 5.41) is 6.79. The molecule has 1 aromatic rings. The van der Waals surface area contributed by atoms with Crippen LogP contribution in [0.15, 0.2) is 4.34 Å². The molecule has 2 atom stereocenters. The smallest absolute Gasteiger partial charge is 0.233 e. The van der Waals surface area contributed by atoms with Gasteiger partial charge in [0.05, 0.1) is 5.75 Å². The number of nitrogens with one attached hydrogen (secondary N) is 1. The Hall–Kier alpha value is -0.400. The number of H-pyrrole nitrogens is 1. The van der Waals surface area contributed by atoms with Crippen LogP contribution in [-0.2, 0) is 4.79 Å². The maximum absolute atomic E-state index is 12.2. The molecule has 1 aromatic heterocycles. The Labute approximate surface area is 127 Å². The molecule has 1 fully saturated rings. The fourth-order valence-corrected chi connectivity index (χ4v) is 4.43. The molecule has 2 heterocycles. The standard InChI is InChI=1S/C12H19N3OS3/c1-8-3-4-15(6-9(2)5-8)10(16)7-18-12-14-13-11(17)19-12/h8-9H,3-7H2,1-2H3,(H,13,17)/t8-,9-/m1/s1. The lowest BCUT2D eigenvalue weighted by Gasteiger charge is -2.22. The minimum atomic E-state index is 0.215. The third-order valence-electron chi connectivity index (χ3n) is 3.32. The van der Waals surface area contributed by atoms with Crippen molar-refractivity contribution >= 4 is 41.2 Å². The Morgan fingerprint density at radius 2 is 2.37 bits per heavy atom. The molecule has 1 saturated heterocycles. The summed E-state index contributed by atoms with van der Waals surface area (Å²) in [7, 11) is 0. The molecule has 0 unspecified atom stereocenters. The number of aromatic nitrogens is 2. The Balaban J connectivity index is 1.86. The summed E-state index contributed by atoms with van der Waals surface area (Å²) in [5.74, 6) is 1.99. The molecular weight excluding hydrogens is 298 g/mol. The molecule has 1 aliphatic heterocycles. The van der Waals surface area contributed by atoms with Gasteiger partial charge in [0.2, 0.25) is 5.91 Å². The van der Waals surface area contributed by atoms with Crippen LogP contribution in [-0.4, -0.2) is 39.8 Å². The Morgan fingerprint density at radius 1 is 1.58 bits per heavy atom. The van der Waals surface area contributed by atoms with E-state index in [1.54, 1.807) is 0 Å². The van der Waals surface area contributed by atoms with Crippen molar-refractivity contribution in [1.82, 2.24) is 15.1 Å². The Bertz CT molecular complexity index is 485. The van der Waals surface area contributed by atoms with E-state index in [4.69, 9.17) is 12.2 Å². The summed E-state index contributed by atoms with van der Waals surface area (Å²) in [4.78, 5) is 14.2. The van der Waals surface area contributed by atoms with Gasteiger partial charge in [-0.25, -0.2) is 0 Å². The summed E-state index contributed by atoms with van der Waals surface area (Å²) in [6.45, 7) is 6.28. The number of hydrogen-bond acceptors (Lipinski definition) is 5. The predicted molar refractivity (Wildman–Crippen MR) is 82.2 cm³/mol. The highest BCUT2D eigenvalue weighted by Gasteiger charge is 2.22. The summed E-state index contributed by atoms with van der Waals surface area (Å²) < 4.78 is 1.50. The normalized spacial score (nSPS) is 24.2. The van der Waals surface area contributed by atoms with E-state index in [2.05, 4.69) is 24.0 Å². The van der Waals surface area contributed by atoms with Crippen LogP contribution in [0.25, 0.3) is 0 Å². The number of nitrogens with zero attached hydrogens (tertiary/aromatic N) is 2. The van der Waals surface area contributed by atoms with Crippen molar-refractivity contribution in [3.05, 3.63) is 3.95 Å². The zero-order valence-electron chi connectivity index (χ0n) is 11.2. The lowest BCUT2D eigenvalue weighted by Crippen LogP contribution is -2.35. The van der Waals surface area contributed by atoms with Crippen LogP contribution >= 0.6 is 35.3 Å². The van der Waals surface area contributed by atoms with Crippen molar-refractivity contribution in [2.75, 3.05) is 18.8 Å². The van der Waals surface area contributed by atoms with Gasteiger partial charge in [-0.15, -0.1) is 0 Å². The maximum atomic E-state index is 12.2. The second-order valence-electron chi connectivity index (χ2n) is 5.24. The molecule has 0 aromatic carbocycles. The molecule has 0 aliphatic carbocycles. The first-order valence-electron chi connectivity index (χ1n) is 6.50. The average Bonchev–Trinajstić information content (AvgIpc) is 2.68.